The van der Waals surface area contributed by atoms with Crippen molar-refractivity contribution in [2.45, 2.75) is 6.54 Å². The zero-order chi connectivity index (χ0) is 12.2. The Kier molecular flexibility index (Phi) is 2.97. The molecule has 0 saturated carbocycles. The first kappa shape index (κ1) is 10.8. The molecule has 0 fully saturated rings. The molecule has 0 amide bonds. The first-order valence-corrected chi connectivity index (χ1v) is 6.22. The number of nitrogens with one attached hydrogen (secondary N) is 1. The molecule has 6 nitrogen and oxygen atoms in total. The van der Waals surface area contributed by atoms with Crippen LogP contribution in [0.4, 0.5) is 5.69 Å². The lowest BCUT2D eigenvalue weighted by Gasteiger charge is -2.09. The third kappa shape index (κ3) is 2.21. The van der Waals surface area contributed by atoms with E-state index in [1.165, 1.54) is 11.5 Å². The van der Waals surface area contributed by atoms with Gasteiger partial charge in [0.15, 0.2) is 5.82 Å². The summed E-state index contributed by atoms with van der Waals surface area (Å²) >= 11 is 1.34. The molecule has 0 aliphatic carbocycles. The van der Waals surface area contributed by atoms with Gasteiger partial charge in [-0.1, -0.05) is 4.49 Å². The number of pyridine rings is 1. The van der Waals surface area contributed by atoms with Crippen LogP contribution in [0.1, 0.15) is 5.69 Å². The van der Waals surface area contributed by atoms with E-state index < -0.39 is 0 Å². The van der Waals surface area contributed by atoms with Crippen molar-refractivity contribution in [1.29, 1.82) is 0 Å². The van der Waals surface area contributed by atoms with Crippen LogP contribution in [0.25, 0.3) is 5.82 Å². The number of nitrogens with zero attached hydrogens (tertiary/aromatic N) is 5. The highest BCUT2D eigenvalue weighted by Gasteiger charge is 2.05. The number of anilines is 1. The zero-order valence-electron chi connectivity index (χ0n) is 9.39. The van der Waals surface area contributed by atoms with Crippen LogP contribution in [0, 0.1) is 0 Å². The van der Waals surface area contributed by atoms with E-state index in [4.69, 9.17) is 0 Å². The van der Waals surface area contributed by atoms with E-state index in [1.807, 2.05) is 29.8 Å². The average molecular weight is 258 g/mol. The van der Waals surface area contributed by atoms with Crippen molar-refractivity contribution in [2.24, 2.45) is 0 Å². The van der Waals surface area contributed by atoms with Crippen molar-refractivity contribution < 1.29 is 0 Å². The molecule has 3 aromatic heterocycles. The maximum absolute atomic E-state index is 4.33. The predicted molar refractivity (Wildman–Crippen MR) is 68.6 cm³/mol. The summed E-state index contributed by atoms with van der Waals surface area (Å²) in [7, 11) is 0. The van der Waals surface area contributed by atoms with E-state index in [1.54, 1.807) is 17.1 Å². The van der Waals surface area contributed by atoms with Gasteiger partial charge in [0, 0.05) is 24.0 Å². The Morgan fingerprint density at radius 3 is 3.06 bits per heavy atom. The van der Waals surface area contributed by atoms with E-state index in [9.17, 15) is 0 Å². The van der Waals surface area contributed by atoms with E-state index in [0.29, 0.717) is 6.54 Å². The van der Waals surface area contributed by atoms with Crippen molar-refractivity contribution in [3.05, 3.63) is 47.9 Å². The minimum Gasteiger partial charge on any atom is -0.376 e. The summed E-state index contributed by atoms with van der Waals surface area (Å²) in [5.41, 5.74) is 1.82. The van der Waals surface area contributed by atoms with Gasteiger partial charge in [-0.25, -0.2) is 9.67 Å². The Balaban J connectivity index is 1.84. The van der Waals surface area contributed by atoms with E-state index in [0.717, 1.165) is 17.2 Å². The number of hydrogen-bond acceptors (Lipinski definition) is 6. The first-order chi connectivity index (χ1) is 8.93. The lowest BCUT2D eigenvalue weighted by molar-refractivity contribution is 0.845. The Morgan fingerprint density at radius 1 is 1.28 bits per heavy atom. The van der Waals surface area contributed by atoms with Gasteiger partial charge in [0.05, 0.1) is 17.9 Å². The topological polar surface area (TPSA) is 68.5 Å². The molecule has 3 heterocycles. The second-order valence-electron chi connectivity index (χ2n) is 3.58. The number of hydrogen-bond donors (Lipinski definition) is 1. The van der Waals surface area contributed by atoms with Crippen LogP contribution in [0.5, 0.6) is 0 Å². The maximum Gasteiger partial charge on any atom is 0.176 e. The lowest BCUT2D eigenvalue weighted by atomic mass is 10.3. The van der Waals surface area contributed by atoms with Gasteiger partial charge >= 0.3 is 0 Å². The van der Waals surface area contributed by atoms with Crippen LogP contribution in [-0.2, 0) is 6.54 Å². The molecule has 18 heavy (non-hydrogen) atoms. The minimum atomic E-state index is 0.621. The third-order valence-electron chi connectivity index (χ3n) is 2.37. The predicted octanol–water partition coefficient (Wildman–Crippen LogP) is 1.73. The van der Waals surface area contributed by atoms with Gasteiger partial charge in [0.25, 0.3) is 0 Å². The normalized spacial score (nSPS) is 10.4. The summed E-state index contributed by atoms with van der Waals surface area (Å²) in [5.74, 6) is 0.769. The Labute approximate surface area is 107 Å². The first-order valence-electron chi connectivity index (χ1n) is 5.38. The van der Waals surface area contributed by atoms with Crippen molar-refractivity contribution in [1.82, 2.24) is 24.4 Å². The van der Waals surface area contributed by atoms with Gasteiger partial charge in [-0.2, -0.15) is 5.10 Å². The minimum absolute atomic E-state index is 0.621. The smallest absolute Gasteiger partial charge is 0.176 e. The molecule has 90 valence electrons. The molecule has 0 unspecified atom stereocenters. The van der Waals surface area contributed by atoms with Gasteiger partial charge in [0.1, 0.15) is 0 Å². The van der Waals surface area contributed by atoms with Crippen LogP contribution in [-0.4, -0.2) is 24.4 Å². The van der Waals surface area contributed by atoms with E-state index >= 15 is 0 Å². The summed E-state index contributed by atoms with van der Waals surface area (Å²) in [5, 5.41) is 13.4. The maximum atomic E-state index is 4.33. The number of rotatable bonds is 4. The molecule has 0 aliphatic heterocycles. The molecule has 0 aromatic carbocycles. The molecular formula is C11H10N6S. The van der Waals surface area contributed by atoms with Gasteiger partial charge in [0.2, 0.25) is 0 Å². The Morgan fingerprint density at radius 2 is 2.28 bits per heavy atom. The van der Waals surface area contributed by atoms with Gasteiger partial charge < -0.3 is 5.32 Å². The molecule has 1 N–H and O–H groups in total. The lowest BCUT2D eigenvalue weighted by Crippen LogP contribution is -2.06. The number of aromatic nitrogens is 5. The van der Waals surface area contributed by atoms with Crippen LogP contribution in [0.15, 0.2) is 42.2 Å². The second-order valence-corrected chi connectivity index (χ2v) is 4.18. The highest BCUT2D eigenvalue weighted by atomic mass is 32.1. The monoisotopic (exact) mass is 258 g/mol. The fourth-order valence-corrected chi connectivity index (χ4v) is 2.01. The molecule has 3 rings (SSSR count). The summed E-state index contributed by atoms with van der Waals surface area (Å²) in [6.45, 7) is 0.621. The van der Waals surface area contributed by atoms with Crippen LogP contribution < -0.4 is 5.32 Å². The highest BCUT2D eigenvalue weighted by molar-refractivity contribution is 7.03. The molecule has 0 aliphatic rings. The fraction of sp³-hybridized carbons (Fsp3) is 0.0909. The molecule has 0 bridgehead atoms. The Hall–Kier alpha value is -2.28. The van der Waals surface area contributed by atoms with Crippen molar-refractivity contribution in [2.75, 3.05) is 5.32 Å². The van der Waals surface area contributed by atoms with E-state index in [-0.39, 0.29) is 0 Å². The van der Waals surface area contributed by atoms with E-state index in [2.05, 4.69) is 25.0 Å². The summed E-state index contributed by atoms with van der Waals surface area (Å²) in [6, 6.07) is 5.71. The summed E-state index contributed by atoms with van der Waals surface area (Å²) in [6.07, 6.45) is 5.33. The molecular weight excluding hydrogens is 248 g/mol. The molecule has 0 saturated heterocycles. The molecule has 7 heteroatoms. The second kappa shape index (κ2) is 4.92. The fourth-order valence-electron chi connectivity index (χ4n) is 1.56. The van der Waals surface area contributed by atoms with Crippen molar-refractivity contribution >= 4 is 17.2 Å². The van der Waals surface area contributed by atoms with Crippen LogP contribution in [0.2, 0.25) is 0 Å². The standard InChI is InChI=1S/C11H10N6S/c1-3-10(13-7-9-8-18-16-15-9)11(12-4-1)17-6-2-5-14-17/h1-6,8,13H,7H2. The van der Waals surface area contributed by atoms with Crippen LogP contribution in [0.3, 0.4) is 0 Å². The molecule has 0 spiro atoms. The summed E-state index contributed by atoms with van der Waals surface area (Å²) < 4.78 is 5.55. The van der Waals surface area contributed by atoms with Gasteiger partial charge in [-0.3, -0.25) is 0 Å². The van der Waals surface area contributed by atoms with Gasteiger partial charge in [-0.05, 0) is 29.7 Å². The molecule has 0 atom stereocenters. The van der Waals surface area contributed by atoms with Crippen molar-refractivity contribution in [3.8, 4) is 5.82 Å². The molecule has 3 aromatic rings. The Bertz CT molecular complexity index is 604. The highest BCUT2D eigenvalue weighted by Crippen LogP contribution is 2.16. The zero-order valence-corrected chi connectivity index (χ0v) is 10.2. The largest absolute Gasteiger partial charge is 0.376 e. The van der Waals surface area contributed by atoms with Gasteiger partial charge in [-0.15, -0.1) is 5.10 Å². The average Bonchev–Trinajstić information content (AvgIpc) is 3.10. The molecule has 0 radical (unpaired) electrons. The summed E-state index contributed by atoms with van der Waals surface area (Å²) in [4.78, 5) is 4.33. The SMILES string of the molecule is c1cnc(-n2cccn2)c(NCc2csnn2)c1. The van der Waals surface area contributed by atoms with Crippen LogP contribution >= 0.6 is 11.5 Å². The quantitative estimate of drug-likeness (QED) is 0.772. The third-order valence-corrected chi connectivity index (χ3v) is 2.93. The van der Waals surface area contributed by atoms with Crippen molar-refractivity contribution in [3.63, 3.8) is 0 Å².